The number of pyridine rings is 1. The average molecular weight is 186 g/mol. The quantitative estimate of drug-likeness (QED) is 0.779. The van der Waals surface area contributed by atoms with Crippen LogP contribution in [0.5, 0.6) is 0 Å². The molecule has 0 fully saturated rings. The second-order valence-corrected chi connectivity index (χ2v) is 3.47. The minimum atomic E-state index is 0.389. The van der Waals surface area contributed by atoms with Crippen LogP contribution in [0, 0.1) is 0 Å². The van der Waals surface area contributed by atoms with Crippen LogP contribution in [-0.4, -0.2) is 12.0 Å². The van der Waals surface area contributed by atoms with Crippen molar-refractivity contribution < 1.29 is 0 Å². The summed E-state index contributed by atoms with van der Waals surface area (Å²) in [5.74, 6) is 0. The van der Waals surface area contributed by atoms with Gasteiger partial charge in [-0.15, -0.1) is 0 Å². The second kappa shape index (κ2) is 3.76. The Labute approximate surface area is 84.0 Å². The van der Waals surface area contributed by atoms with Crippen LogP contribution in [0.3, 0.4) is 0 Å². The van der Waals surface area contributed by atoms with E-state index in [1.807, 2.05) is 19.3 Å². The SMILES string of the molecule is CN[C@@H](C)c1ccc2ncccc2c1. The zero-order valence-corrected chi connectivity index (χ0v) is 8.49. The molecule has 0 aliphatic heterocycles. The van der Waals surface area contributed by atoms with Gasteiger partial charge in [0.2, 0.25) is 0 Å². The first kappa shape index (κ1) is 9.16. The number of nitrogens with one attached hydrogen (secondary N) is 1. The molecule has 0 aliphatic carbocycles. The van der Waals surface area contributed by atoms with E-state index in [4.69, 9.17) is 0 Å². The molecule has 0 amide bonds. The van der Waals surface area contributed by atoms with Crippen LogP contribution in [0.15, 0.2) is 36.5 Å². The molecule has 14 heavy (non-hydrogen) atoms. The Morgan fingerprint density at radius 3 is 2.93 bits per heavy atom. The third kappa shape index (κ3) is 1.61. The highest BCUT2D eigenvalue weighted by molar-refractivity contribution is 5.79. The number of hydrogen-bond acceptors (Lipinski definition) is 2. The lowest BCUT2D eigenvalue weighted by Crippen LogP contribution is -2.11. The van der Waals surface area contributed by atoms with Gasteiger partial charge in [-0.25, -0.2) is 0 Å². The van der Waals surface area contributed by atoms with Gasteiger partial charge in [-0.05, 0) is 37.7 Å². The van der Waals surface area contributed by atoms with Gasteiger partial charge in [0.15, 0.2) is 0 Å². The van der Waals surface area contributed by atoms with E-state index in [0.29, 0.717) is 6.04 Å². The summed E-state index contributed by atoms with van der Waals surface area (Å²) in [6, 6.07) is 10.8. The van der Waals surface area contributed by atoms with E-state index in [0.717, 1.165) is 5.52 Å². The third-order valence-corrected chi connectivity index (χ3v) is 2.56. The molecule has 1 aromatic heterocycles. The summed E-state index contributed by atoms with van der Waals surface area (Å²) in [5.41, 5.74) is 2.35. The third-order valence-electron chi connectivity index (χ3n) is 2.56. The molecule has 0 saturated carbocycles. The van der Waals surface area contributed by atoms with Crippen LogP contribution in [0.4, 0.5) is 0 Å². The molecule has 1 aromatic carbocycles. The van der Waals surface area contributed by atoms with Crippen molar-refractivity contribution in [2.45, 2.75) is 13.0 Å². The molecule has 2 heteroatoms. The van der Waals surface area contributed by atoms with Gasteiger partial charge in [-0.1, -0.05) is 12.1 Å². The molecule has 1 atom stereocenters. The highest BCUT2D eigenvalue weighted by Gasteiger charge is 2.02. The van der Waals surface area contributed by atoms with E-state index in [2.05, 4.69) is 41.5 Å². The van der Waals surface area contributed by atoms with Crippen molar-refractivity contribution >= 4 is 10.9 Å². The van der Waals surface area contributed by atoms with E-state index >= 15 is 0 Å². The van der Waals surface area contributed by atoms with Gasteiger partial charge in [0.1, 0.15) is 0 Å². The minimum absolute atomic E-state index is 0.389. The maximum Gasteiger partial charge on any atom is 0.0702 e. The fourth-order valence-electron chi connectivity index (χ4n) is 1.53. The highest BCUT2D eigenvalue weighted by atomic mass is 14.8. The molecule has 2 nitrogen and oxygen atoms in total. The van der Waals surface area contributed by atoms with Crippen molar-refractivity contribution in [3.8, 4) is 0 Å². The fourth-order valence-corrected chi connectivity index (χ4v) is 1.53. The summed E-state index contributed by atoms with van der Waals surface area (Å²) in [4.78, 5) is 4.29. The summed E-state index contributed by atoms with van der Waals surface area (Å²) < 4.78 is 0. The van der Waals surface area contributed by atoms with E-state index in [-0.39, 0.29) is 0 Å². The Morgan fingerprint density at radius 1 is 1.29 bits per heavy atom. The lowest BCUT2D eigenvalue weighted by atomic mass is 10.1. The van der Waals surface area contributed by atoms with E-state index in [1.54, 1.807) is 0 Å². The zero-order valence-electron chi connectivity index (χ0n) is 8.49. The van der Waals surface area contributed by atoms with Gasteiger partial charge >= 0.3 is 0 Å². The second-order valence-electron chi connectivity index (χ2n) is 3.47. The smallest absolute Gasteiger partial charge is 0.0702 e. The monoisotopic (exact) mass is 186 g/mol. The highest BCUT2D eigenvalue weighted by Crippen LogP contribution is 2.18. The summed E-state index contributed by atoms with van der Waals surface area (Å²) in [7, 11) is 1.97. The molecule has 2 aromatic rings. The van der Waals surface area contributed by atoms with Crippen molar-refractivity contribution in [2.75, 3.05) is 7.05 Å². The first-order chi connectivity index (χ1) is 6.81. The average Bonchev–Trinajstić information content (AvgIpc) is 2.27. The number of aromatic nitrogens is 1. The van der Waals surface area contributed by atoms with Crippen molar-refractivity contribution in [3.05, 3.63) is 42.1 Å². The van der Waals surface area contributed by atoms with E-state index in [1.165, 1.54) is 10.9 Å². The van der Waals surface area contributed by atoms with Crippen molar-refractivity contribution in [1.82, 2.24) is 10.3 Å². The molecule has 1 heterocycles. The van der Waals surface area contributed by atoms with E-state index in [9.17, 15) is 0 Å². The van der Waals surface area contributed by atoms with Gasteiger partial charge in [-0.2, -0.15) is 0 Å². The van der Waals surface area contributed by atoms with Gasteiger partial charge in [0.05, 0.1) is 5.52 Å². The Kier molecular flexibility index (Phi) is 2.46. The van der Waals surface area contributed by atoms with Crippen LogP contribution in [-0.2, 0) is 0 Å². The first-order valence-electron chi connectivity index (χ1n) is 4.83. The van der Waals surface area contributed by atoms with Crippen LogP contribution in [0.2, 0.25) is 0 Å². The van der Waals surface area contributed by atoms with Crippen molar-refractivity contribution in [3.63, 3.8) is 0 Å². The van der Waals surface area contributed by atoms with Crippen LogP contribution in [0.25, 0.3) is 10.9 Å². The number of fused-ring (bicyclic) bond motifs is 1. The van der Waals surface area contributed by atoms with Gasteiger partial charge < -0.3 is 5.32 Å². The number of rotatable bonds is 2. The molecule has 0 saturated heterocycles. The number of nitrogens with zero attached hydrogens (tertiary/aromatic N) is 1. The predicted molar refractivity (Wildman–Crippen MR) is 59.2 cm³/mol. The predicted octanol–water partition coefficient (Wildman–Crippen LogP) is 2.52. The zero-order chi connectivity index (χ0) is 9.97. The molecule has 2 rings (SSSR count). The molecular formula is C12H14N2. The number of benzene rings is 1. The normalized spacial score (nSPS) is 13.0. The van der Waals surface area contributed by atoms with Gasteiger partial charge in [-0.3, -0.25) is 4.98 Å². The largest absolute Gasteiger partial charge is 0.313 e. The molecule has 0 spiro atoms. The summed E-state index contributed by atoms with van der Waals surface area (Å²) in [6.07, 6.45) is 1.82. The lowest BCUT2D eigenvalue weighted by Gasteiger charge is -2.10. The fraction of sp³-hybridized carbons (Fsp3) is 0.250. The van der Waals surface area contributed by atoms with Gasteiger partial charge in [0.25, 0.3) is 0 Å². The molecule has 0 aliphatic rings. The Hall–Kier alpha value is -1.41. The van der Waals surface area contributed by atoms with Crippen LogP contribution in [0.1, 0.15) is 18.5 Å². The van der Waals surface area contributed by atoms with E-state index < -0.39 is 0 Å². The number of hydrogen-bond donors (Lipinski definition) is 1. The molecule has 1 N–H and O–H groups in total. The Bertz CT molecular complexity index is 437. The standard InChI is InChI=1S/C12H14N2/c1-9(13-2)10-5-6-12-11(8-10)4-3-7-14-12/h3-9,13H,1-2H3/t9-/m0/s1. The molecule has 0 radical (unpaired) electrons. The Morgan fingerprint density at radius 2 is 2.14 bits per heavy atom. The maximum atomic E-state index is 4.29. The van der Waals surface area contributed by atoms with Gasteiger partial charge in [0, 0.05) is 17.6 Å². The van der Waals surface area contributed by atoms with Crippen molar-refractivity contribution in [2.24, 2.45) is 0 Å². The summed E-state index contributed by atoms with van der Waals surface area (Å²) >= 11 is 0. The topological polar surface area (TPSA) is 24.9 Å². The summed E-state index contributed by atoms with van der Waals surface area (Å²) in [6.45, 7) is 2.15. The maximum absolute atomic E-state index is 4.29. The molecule has 0 bridgehead atoms. The van der Waals surface area contributed by atoms with Crippen LogP contribution < -0.4 is 5.32 Å². The molecule has 0 unspecified atom stereocenters. The first-order valence-corrected chi connectivity index (χ1v) is 4.83. The summed E-state index contributed by atoms with van der Waals surface area (Å²) in [5, 5.41) is 4.43. The molecule has 72 valence electrons. The van der Waals surface area contributed by atoms with Crippen molar-refractivity contribution in [1.29, 1.82) is 0 Å². The minimum Gasteiger partial charge on any atom is -0.313 e. The van der Waals surface area contributed by atoms with Crippen LogP contribution >= 0.6 is 0 Å². The lowest BCUT2D eigenvalue weighted by molar-refractivity contribution is 0.653. The molecular weight excluding hydrogens is 172 g/mol. The Balaban J connectivity index is 2.51.